The maximum atomic E-state index is 4.11. The number of H-pyrrole nitrogens is 1. The number of hydrogen-bond donors (Lipinski definition) is 1. The van der Waals surface area contributed by atoms with E-state index in [4.69, 9.17) is 0 Å². The summed E-state index contributed by atoms with van der Waals surface area (Å²) in [5.74, 6) is 0. The van der Waals surface area contributed by atoms with Crippen molar-refractivity contribution in [2.24, 2.45) is 0 Å². The lowest BCUT2D eigenvalue weighted by atomic mass is 9.86. The first-order valence-electron chi connectivity index (χ1n) is 26.0. The van der Waals surface area contributed by atoms with E-state index in [0.717, 1.165) is 5.52 Å². The van der Waals surface area contributed by atoms with Gasteiger partial charge in [0, 0.05) is 43.4 Å². The summed E-state index contributed by atoms with van der Waals surface area (Å²) in [5, 5.41) is 7.60. The highest BCUT2D eigenvalue weighted by molar-refractivity contribution is 6.40. The molecule has 12 aromatic rings. The van der Waals surface area contributed by atoms with Gasteiger partial charge in [0.25, 0.3) is 0 Å². The molecule has 72 heavy (non-hydrogen) atoms. The van der Waals surface area contributed by atoms with E-state index in [0.29, 0.717) is 0 Å². The van der Waals surface area contributed by atoms with Crippen molar-refractivity contribution in [1.82, 2.24) is 9.38 Å². The molecular formula is C70H66N2. The molecule has 0 saturated carbocycles. The number of aromatic nitrogens is 2. The van der Waals surface area contributed by atoms with Crippen molar-refractivity contribution in [3.8, 4) is 55.6 Å². The second kappa shape index (κ2) is 16.0. The zero-order valence-electron chi connectivity index (χ0n) is 44.2. The highest BCUT2D eigenvalue weighted by Gasteiger charge is 2.28. The molecule has 0 amide bonds. The third-order valence-corrected chi connectivity index (χ3v) is 15.8. The van der Waals surface area contributed by atoms with Crippen LogP contribution >= 0.6 is 0 Å². The maximum absolute atomic E-state index is 4.11. The molecule has 1 N–H and O–H groups in total. The molecule has 3 heterocycles. The van der Waals surface area contributed by atoms with E-state index in [1.807, 2.05) is 0 Å². The first kappa shape index (κ1) is 45.7. The van der Waals surface area contributed by atoms with Crippen molar-refractivity contribution in [2.75, 3.05) is 0 Å². The van der Waals surface area contributed by atoms with Gasteiger partial charge in [-0.3, -0.25) is 0 Å². The molecule has 0 spiro atoms. The van der Waals surface area contributed by atoms with E-state index >= 15 is 0 Å². The van der Waals surface area contributed by atoms with Crippen LogP contribution in [0.1, 0.15) is 105 Å². The molecule has 0 radical (unpaired) electrons. The fourth-order valence-electron chi connectivity index (χ4n) is 11.4. The molecule has 2 heteroatoms. The predicted molar refractivity (Wildman–Crippen MR) is 312 cm³/mol. The van der Waals surface area contributed by atoms with E-state index in [9.17, 15) is 0 Å². The quantitative estimate of drug-likeness (QED) is 0.177. The third kappa shape index (κ3) is 7.53. The number of aromatic amines is 1. The largest absolute Gasteiger partial charge is 0.354 e. The molecule has 0 aliphatic rings. The number of benzene rings is 9. The summed E-state index contributed by atoms with van der Waals surface area (Å²) in [4.78, 5) is 4.11. The van der Waals surface area contributed by atoms with Gasteiger partial charge in [0.15, 0.2) is 0 Å². The van der Waals surface area contributed by atoms with Crippen LogP contribution in [0.2, 0.25) is 0 Å². The van der Waals surface area contributed by atoms with Gasteiger partial charge < -0.3 is 9.38 Å². The first-order chi connectivity index (χ1) is 34.2. The highest BCUT2D eigenvalue weighted by atomic mass is 14.9. The Kier molecular flexibility index (Phi) is 10.2. The fourth-order valence-corrected chi connectivity index (χ4v) is 11.4. The standard InChI is InChI=1S/C70H66N2/c1-67(2,3)51-28-17-43(18-29-51)42-13-15-47(16-14-42)61-64-57-40-49(45-21-32-53(33-22-45)69(7,8)9)27-38-59(57)72-60-41-50(46-23-34-54(35-24-46)70(10,11)12)25-36-55(60)63(66(64)72)62-56-39-48(26-37-58(56)71-65(61)62)44-19-30-52(31-20-44)68(4,5)6/h13-41,71H,1-12H3. The Bertz CT molecular complexity index is 4030. The Morgan fingerprint density at radius 2 is 0.653 bits per heavy atom. The normalized spacial score (nSPS) is 13.0. The summed E-state index contributed by atoms with van der Waals surface area (Å²) in [7, 11) is 0. The van der Waals surface area contributed by atoms with Crippen molar-refractivity contribution in [3.05, 3.63) is 198 Å². The van der Waals surface area contributed by atoms with Gasteiger partial charge in [0.1, 0.15) is 0 Å². The Hall–Kier alpha value is -7.42. The molecule has 2 nitrogen and oxygen atoms in total. The van der Waals surface area contributed by atoms with Gasteiger partial charge in [-0.15, -0.1) is 0 Å². The number of fused-ring (bicyclic) bond motifs is 10. The van der Waals surface area contributed by atoms with E-state index in [1.54, 1.807) is 0 Å². The van der Waals surface area contributed by atoms with Crippen LogP contribution in [0.5, 0.6) is 0 Å². The molecule has 0 atom stereocenters. The van der Waals surface area contributed by atoms with Crippen LogP contribution in [-0.2, 0) is 21.7 Å². The number of rotatable bonds is 5. The van der Waals surface area contributed by atoms with Crippen molar-refractivity contribution in [3.63, 3.8) is 0 Å². The molecule has 3 aromatic heterocycles. The van der Waals surface area contributed by atoms with E-state index in [-0.39, 0.29) is 21.7 Å². The average molecular weight is 935 g/mol. The summed E-state index contributed by atoms with van der Waals surface area (Å²) in [6.07, 6.45) is 0. The molecule has 0 aliphatic heterocycles. The minimum atomic E-state index is 0.0765. The lowest BCUT2D eigenvalue weighted by Gasteiger charge is -2.19. The Morgan fingerprint density at radius 1 is 0.292 bits per heavy atom. The van der Waals surface area contributed by atoms with Gasteiger partial charge in [0.05, 0.1) is 22.1 Å². The van der Waals surface area contributed by atoms with Crippen LogP contribution in [0.25, 0.3) is 116 Å². The van der Waals surface area contributed by atoms with Crippen LogP contribution in [0.3, 0.4) is 0 Å². The Morgan fingerprint density at radius 3 is 1.11 bits per heavy atom. The van der Waals surface area contributed by atoms with Crippen LogP contribution in [0, 0.1) is 0 Å². The Balaban J connectivity index is 1.17. The molecule has 12 rings (SSSR count). The van der Waals surface area contributed by atoms with Crippen molar-refractivity contribution in [2.45, 2.75) is 105 Å². The molecule has 0 bridgehead atoms. The molecular weight excluding hydrogens is 869 g/mol. The minimum Gasteiger partial charge on any atom is -0.354 e. The molecule has 356 valence electrons. The maximum Gasteiger partial charge on any atom is 0.0634 e. The molecule has 0 unspecified atom stereocenters. The summed E-state index contributed by atoms with van der Waals surface area (Å²) >= 11 is 0. The van der Waals surface area contributed by atoms with Crippen molar-refractivity contribution in [1.29, 1.82) is 0 Å². The SMILES string of the molecule is CC(C)(C)c1ccc(-c2ccc(-c3c4[nH]c5ccc(-c6ccc(C(C)(C)C)cc6)cc5c4c4c5ccc(-c6ccc(C(C)(C)C)cc6)cc5n5c6ccc(-c7ccc(C(C)(C)C)cc7)cc6c3c45)cc2)cc1. The molecule has 9 aromatic carbocycles. The lowest BCUT2D eigenvalue weighted by Crippen LogP contribution is -2.10. The van der Waals surface area contributed by atoms with Gasteiger partial charge in [-0.25, -0.2) is 0 Å². The van der Waals surface area contributed by atoms with E-state index < -0.39 is 0 Å². The van der Waals surface area contributed by atoms with Gasteiger partial charge in [0.2, 0.25) is 0 Å². The zero-order valence-corrected chi connectivity index (χ0v) is 44.2. The predicted octanol–water partition coefficient (Wildman–Crippen LogP) is 20.0. The van der Waals surface area contributed by atoms with Crippen LogP contribution in [0.15, 0.2) is 176 Å². The first-order valence-corrected chi connectivity index (χ1v) is 26.0. The monoisotopic (exact) mass is 935 g/mol. The van der Waals surface area contributed by atoms with Crippen molar-refractivity contribution >= 4 is 59.9 Å². The zero-order chi connectivity index (χ0) is 50.2. The van der Waals surface area contributed by atoms with E-state index in [2.05, 4.69) is 268 Å². The third-order valence-electron chi connectivity index (χ3n) is 15.8. The highest BCUT2D eigenvalue weighted by Crippen LogP contribution is 2.52. The summed E-state index contributed by atoms with van der Waals surface area (Å²) in [6.45, 7) is 27.4. The van der Waals surface area contributed by atoms with Gasteiger partial charge in [-0.2, -0.15) is 0 Å². The van der Waals surface area contributed by atoms with Gasteiger partial charge >= 0.3 is 0 Å². The average Bonchev–Trinajstić information content (AvgIpc) is 4.01. The van der Waals surface area contributed by atoms with Gasteiger partial charge in [-0.1, -0.05) is 229 Å². The number of nitrogens with zero attached hydrogens (tertiary/aromatic N) is 1. The number of hydrogen-bond acceptors (Lipinski definition) is 0. The second-order valence-corrected chi connectivity index (χ2v) is 24.8. The molecule has 0 saturated heterocycles. The summed E-state index contributed by atoms with van der Waals surface area (Å²) < 4.78 is 2.59. The summed E-state index contributed by atoms with van der Waals surface area (Å²) in [6, 6.07) is 67.5. The Labute approximate surface area is 425 Å². The van der Waals surface area contributed by atoms with Gasteiger partial charge in [-0.05, 0) is 124 Å². The van der Waals surface area contributed by atoms with Crippen LogP contribution in [-0.4, -0.2) is 9.38 Å². The van der Waals surface area contributed by atoms with Crippen LogP contribution < -0.4 is 0 Å². The molecule has 0 aliphatic carbocycles. The summed E-state index contributed by atoms with van der Waals surface area (Å²) in [5.41, 5.74) is 23.9. The lowest BCUT2D eigenvalue weighted by molar-refractivity contribution is 0.590. The molecule has 0 fully saturated rings. The smallest absolute Gasteiger partial charge is 0.0634 e. The minimum absolute atomic E-state index is 0.0765. The van der Waals surface area contributed by atoms with Crippen molar-refractivity contribution < 1.29 is 0 Å². The second-order valence-electron chi connectivity index (χ2n) is 24.8. The van der Waals surface area contributed by atoms with Crippen LogP contribution in [0.4, 0.5) is 0 Å². The fraction of sp³-hybridized carbons (Fsp3) is 0.229. The van der Waals surface area contributed by atoms with E-state index in [1.165, 1.54) is 132 Å². The number of nitrogens with one attached hydrogen (secondary N) is 1. The topological polar surface area (TPSA) is 20.2 Å².